The lowest BCUT2D eigenvalue weighted by atomic mass is 10.2. The molecule has 0 bridgehead atoms. The molecule has 0 aliphatic heterocycles. The third kappa shape index (κ3) is 10.1. The van der Waals surface area contributed by atoms with E-state index < -0.39 is 0 Å². The van der Waals surface area contributed by atoms with Gasteiger partial charge in [0.1, 0.15) is 0 Å². The highest BCUT2D eigenvalue weighted by molar-refractivity contribution is 5.66. The van der Waals surface area contributed by atoms with Crippen LogP contribution >= 0.6 is 0 Å². The van der Waals surface area contributed by atoms with Crippen LogP contribution in [0.2, 0.25) is 0 Å². The summed E-state index contributed by atoms with van der Waals surface area (Å²) in [6, 6.07) is 0. The minimum Gasteiger partial charge on any atom is -0.453 e. The molecule has 0 fully saturated rings. The molecule has 0 aromatic rings. The van der Waals surface area contributed by atoms with Crippen molar-refractivity contribution in [1.82, 2.24) is 10.2 Å². The Morgan fingerprint density at radius 3 is 2.35 bits per heavy atom. The maximum absolute atomic E-state index is 10.8. The zero-order valence-electron chi connectivity index (χ0n) is 11.6. The average Bonchev–Trinajstić information content (AvgIpc) is 2.34. The molecule has 0 aliphatic carbocycles. The fraction of sp³-hybridized carbons (Fsp3) is 0.923. The van der Waals surface area contributed by atoms with Crippen molar-refractivity contribution in [2.75, 3.05) is 33.3 Å². The lowest BCUT2D eigenvalue weighted by Crippen LogP contribution is -2.31. The highest BCUT2D eigenvalue weighted by Crippen LogP contribution is 2.00. The molecular formula is C13H28N2O2. The van der Waals surface area contributed by atoms with Crippen molar-refractivity contribution in [1.29, 1.82) is 0 Å². The van der Waals surface area contributed by atoms with Crippen LogP contribution < -0.4 is 5.32 Å². The predicted octanol–water partition coefficient (Wildman–Crippen LogP) is 2.63. The van der Waals surface area contributed by atoms with Gasteiger partial charge in [0.15, 0.2) is 0 Å². The molecule has 0 unspecified atom stereocenters. The van der Waals surface area contributed by atoms with Crippen LogP contribution in [0.3, 0.4) is 0 Å². The van der Waals surface area contributed by atoms with E-state index in [0.717, 1.165) is 19.5 Å². The summed E-state index contributed by atoms with van der Waals surface area (Å²) >= 11 is 0. The number of hydrogen-bond donors (Lipinski definition) is 1. The SMILES string of the molecule is CCCCCN(CCC)CCCNC(=O)OC. The fourth-order valence-electron chi connectivity index (χ4n) is 1.80. The maximum atomic E-state index is 10.8. The first-order chi connectivity index (χ1) is 8.24. The monoisotopic (exact) mass is 244 g/mol. The van der Waals surface area contributed by atoms with Crippen LogP contribution in [0, 0.1) is 0 Å². The van der Waals surface area contributed by atoms with Crippen LogP contribution in [0.1, 0.15) is 46.0 Å². The van der Waals surface area contributed by atoms with Crippen LogP contribution in [0.15, 0.2) is 0 Å². The van der Waals surface area contributed by atoms with Crippen LogP contribution in [0.25, 0.3) is 0 Å². The van der Waals surface area contributed by atoms with Crippen LogP contribution in [0.4, 0.5) is 4.79 Å². The van der Waals surface area contributed by atoms with Crippen molar-refractivity contribution in [2.24, 2.45) is 0 Å². The highest BCUT2D eigenvalue weighted by atomic mass is 16.5. The molecule has 4 nitrogen and oxygen atoms in total. The Morgan fingerprint density at radius 2 is 1.76 bits per heavy atom. The van der Waals surface area contributed by atoms with E-state index in [1.54, 1.807) is 0 Å². The molecule has 0 aromatic heterocycles. The third-order valence-corrected chi connectivity index (χ3v) is 2.72. The van der Waals surface area contributed by atoms with E-state index in [9.17, 15) is 4.79 Å². The largest absolute Gasteiger partial charge is 0.453 e. The van der Waals surface area contributed by atoms with E-state index in [-0.39, 0.29) is 6.09 Å². The highest BCUT2D eigenvalue weighted by Gasteiger charge is 2.03. The molecule has 0 atom stereocenters. The lowest BCUT2D eigenvalue weighted by molar-refractivity contribution is 0.170. The smallest absolute Gasteiger partial charge is 0.406 e. The van der Waals surface area contributed by atoms with E-state index in [1.165, 1.54) is 39.3 Å². The standard InChI is InChI=1S/C13H28N2O2/c1-4-6-7-11-15(10-5-2)12-8-9-14-13(16)17-3/h4-12H2,1-3H3,(H,14,16). The topological polar surface area (TPSA) is 41.6 Å². The molecule has 0 spiro atoms. The average molecular weight is 244 g/mol. The van der Waals surface area contributed by atoms with Gasteiger partial charge in [0.05, 0.1) is 7.11 Å². The molecule has 0 aliphatic rings. The molecule has 0 saturated heterocycles. The van der Waals surface area contributed by atoms with E-state index >= 15 is 0 Å². The fourth-order valence-corrected chi connectivity index (χ4v) is 1.80. The van der Waals surface area contributed by atoms with Gasteiger partial charge >= 0.3 is 6.09 Å². The quantitative estimate of drug-likeness (QED) is 0.601. The van der Waals surface area contributed by atoms with Crippen molar-refractivity contribution in [3.63, 3.8) is 0 Å². The molecule has 1 N–H and O–H groups in total. The van der Waals surface area contributed by atoms with Crippen molar-refractivity contribution >= 4 is 6.09 Å². The number of carbonyl (C=O) groups is 1. The Labute approximate surface area is 106 Å². The van der Waals surface area contributed by atoms with Crippen LogP contribution in [0.5, 0.6) is 0 Å². The molecule has 0 heterocycles. The summed E-state index contributed by atoms with van der Waals surface area (Å²) in [4.78, 5) is 13.3. The van der Waals surface area contributed by atoms with Gasteiger partial charge in [-0.25, -0.2) is 4.79 Å². The summed E-state index contributed by atoms with van der Waals surface area (Å²) in [5, 5.41) is 2.71. The van der Waals surface area contributed by atoms with Gasteiger partial charge < -0.3 is 15.0 Å². The molecule has 0 saturated carbocycles. The lowest BCUT2D eigenvalue weighted by Gasteiger charge is -2.21. The summed E-state index contributed by atoms with van der Waals surface area (Å²) in [7, 11) is 1.39. The number of unbranched alkanes of at least 4 members (excludes halogenated alkanes) is 2. The number of ether oxygens (including phenoxy) is 1. The summed E-state index contributed by atoms with van der Waals surface area (Å²) in [6.07, 6.45) is 5.70. The van der Waals surface area contributed by atoms with Gasteiger partial charge in [0.25, 0.3) is 0 Å². The number of hydrogen-bond acceptors (Lipinski definition) is 3. The molecule has 1 amide bonds. The van der Waals surface area contributed by atoms with Crippen molar-refractivity contribution < 1.29 is 9.53 Å². The molecule has 0 rings (SSSR count). The Kier molecular flexibility index (Phi) is 11.2. The van der Waals surface area contributed by atoms with Crippen LogP contribution in [-0.4, -0.2) is 44.3 Å². The van der Waals surface area contributed by atoms with Crippen molar-refractivity contribution in [3.05, 3.63) is 0 Å². The third-order valence-electron chi connectivity index (χ3n) is 2.72. The second-order valence-corrected chi connectivity index (χ2v) is 4.32. The van der Waals surface area contributed by atoms with E-state index in [2.05, 4.69) is 28.8 Å². The summed E-state index contributed by atoms with van der Waals surface area (Å²) < 4.78 is 4.52. The van der Waals surface area contributed by atoms with E-state index in [1.807, 2.05) is 0 Å². The first-order valence-electron chi connectivity index (χ1n) is 6.78. The van der Waals surface area contributed by atoms with Gasteiger partial charge in [0, 0.05) is 6.54 Å². The molecule has 102 valence electrons. The molecule has 0 aromatic carbocycles. The second kappa shape index (κ2) is 11.7. The van der Waals surface area contributed by atoms with Gasteiger partial charge in [0.2, 0.25) is 0 Å². The van der Waals surface area contributed by atoms with Gasteiger partial charge in [-0.1, -0.05) is 26.7 Å². The number of nitrogens with zero attached hydrogens (tertiary/aromatic N) is 1. The number of amides is 1. The summed E-state index contributed by atoms with van der Waals surface area (Å²) in [5.74, 6) is 0. The predicted molar refractivity (Wildman–Crippen MR) is 71.3 cm³/mol. The second-order valence-electron chi connectivity index (χ2n) is 4.32. The maximum Gasteiger partial charge on any atom is 0.406 e. The zero-order chi connectivity index (χ0) is 12.9. The van der Waals surface area contributed by atoms with Crippen molar-refractivity contribution in [3.8, 4) is 0 Å². The van der Waals surface area contributed by atoms with Gasteiger partial charge in [-0.05, 0) is 38.9 Å². The first kappa shape index (κ1) is 16.2. The Bertz CT molecular complexity index is 186. The van der Waals surface area contributed by atoms with Gasteiger partial charge in [-0.3, -0.25) is 0 Å². The molecular weight excluding hydrogens is 216 g/mol. The Morgan fingerprint density at radius 1 is 1.06 bits per heavy atom. The first-order valence-corrected chi connectivity index (χ1v) is 6.78. The zero-order valence-corrected chi connectivity index (χ0v) is 11.6. The van der Waals surface area contributed by atoms with Gasteiger partial charge in [-0.15, -0.1) is 0 Å². The normalized spacial score (nSPS) is 10.6. The summed E-state index contributed by atoms with van der Waals surface area (Å²) in [6.45, 7) is 8.52. The van der Waals surface area contributed by atoms with E-state index in [4.69, 9.17) is 0 Å². The Hall–Kier alpha value is -0.770. The molecule has 0 radical (unpaired) electrons. The molecule has 17 heavy (non-hydrogen) atoms. The number of methoxy groups -OCH3 is 1. The number of alkyl carbamates (subject to hydrolysis) is 1. The van der Waals surface area contributed by atoms with E-state index in [0.29, 0.717) is 6.54 Å². The Balaban J connectivity index is 3.57. The van der Waals surface area contributed by atoms with Crippen LogP contribution in [-0.2, 0) is 4.74 Å². The minimum atomic E-state index is -0.335. The number of rotatable bonds is 10. The van der Waals surface area contributed by atoms with Gasteiger partial charge in [-0.2, -0.15) is 0 Å². The van der Waals surface area contributed by atoms with Crippen molar-refractivity contribution in [2.45, 2.75) is 46.0 Å². The minimum absolute atomic E-state index is 0.335. The number of carbonyl (C=O) groups excluding carboxylic acids is 1. The molecule has 4 heteroatoms. The summed E-state index contributed by atoms with van der Waals surface area (Å²) in [5.41, 5.74) is 0. The number of nitrogens with one attached hydrogen (secondary N) is 1.